The van der Waals surface area contributed by atoms with Gasteiger partial charge in [0.1, 0.15) is 10.8 Å². The molecule has 2 aromatic carbocycles. The second kappa shape index (κ2) is 8.30. The van der Waals surface area contributed by atoms with Crippen LogP contribution in [0.1, 0.15) is 16.8 Å². The van der Waals surface area contributed by atoms with E-state index in [-0.39, 0.29) is 12.4 Å². The zero-order valence-electron chi connectivity index (χ0n) is 14.7. The van der Waals surface area contributed by atoms with Crippen molar-refractivity contribution in [2.75, 3.05) is 7.11 Å². The van der Waals surface area contributed by atoms with Crippen LogP contribution >= 0.6 is 11.3 Å². The third-order valence-electron chi connectivity index (χ3n) is 3.77. The third kappa shape index (κ3) is 4.61. The van der Waals surface area contributed by atoms with E-state index in [1.54, 1.807) is 23.6 Å². The number of rotatable bonds is 6. The van der Waals surface area contributed by atoms with Crippen molar-refractivity contribution in [1.29, 1.82) is 0 Å². The summed E-state index contributed by atoms with van der Waals surface area (Å²) in [7, 11) is 1.53. The van der Waals surface area contributed by atoms with Crippen LogP contribution in [-0.4, -0.2) is 17.9 Å². The van der Waals surface area contributed by atoms with Crippen molar-refractivity contribution in [2.24, 2.45) is 10.9 Å². The topological polar surface area (TPSA) is 69.7 Å². The van der Waals surface area contributed by atoms with Gasteiger partial charge in [0.05, 0.1) is 23.9 Å². The lowest BCUT2D eigenvalue weighted by Gasteiger charge is -2.07. The maximum Gasteiger partial charge on any atom is 0.416 e. The van der Waals surface area contributed by atoms with E-state index < -0.39 is 11.7 Å². The van der Waals surface area contributed by atoms with Gasteiger partial charge in [-0.15, -0.1) is 11.3 Å². The number of nitrogens with zero attached hydrogens (tertiary/aromatic N) is 2. The molecule has 0 amide bonds. The molecule has 0 aliphatic heterocycles. The van der Waals surface area contributed by atoms with E-state index in [1.807, 2.05) is 6.07 Å². The third-order valence-corrected chi connectivity index (χ3v) is 4.71. The zero-order chi connectivity index (χ0) is 20.1. The summed E-state index contributed by atoms with van der Waals surface area (Å²) in [6.07, 6.45) is -4.36. The van der Waals surface area contributed by atoms with Gasteiger partial charge in [-0.3, -0.25) is 0 Å². The van der Waals surface area contributed by atoms with Gasteiger partial charge in [0.15, 0.2) is 12.4 Å². The van der Waals surface area contributed by atoms with Crippen LogP contribution in [0.3, 0.4) is 0 Å². The number of thiazole rings is 1. The van der Waals surface area contributed by atoms with Crippen LogP contribution in [0.2, 0.25) is 0 Å². The molecule has 28 heavy (non-hydrogen) atoms. The molecule has 0 bridgehead atoms. The Morgan fingerprint density at radius 2 is 1.86 bits per heavy atom. The van der Waals surface area contributed by atoms with Gasteiger partial charge in [0.25, 0.3) is 0 Å². The fourth-order valence-electron chi connectivity index (χ4n) is 2.38. The predicted octanol–water partition coefficient (Wildman–Crippen LogP) is 4.67. The van der Waals surface area contributed by atoms with Gasteiger partial charge in [0, 0.05) is 10.9 Å². The maximum atomic E-state index is 12.6. The average molecular weight is 407 g/mol. The van der Waals surface area contributed by atoms with Crippen LogP contribution in [0.4, 0.5) is 13.2 Å². The minimum absolute atomic E-state index is 0.0764. The van der Waals surface area contributed by atoms with Crippen molar-refractivity contribution in [3.63, 3.8) is 0 Å². The van der Waals surface area contributed by atoms with Crippen LogP contribution in [-0.2, 0) is 17.6 Å². The minimum atomic E-state index is -4.36. The summed E-state index contributed by atoms with van der Waals surface area (Å²) in [6, 6.07) is 12.0. The minimum Gasteiger partial charge on any atom is -0.496 e. The van der Waals surface area contributed by atoms with Crippen LogP contribution in [0.25, 0.3) is 10.6 Å². The van der Waals surface area contributed by atoms with Gasteiger partial charge >= 0.3 is 6.18 Å². The smallest absolute Gasteiger partial charge is 0.416 e. The molecule has 2 N–H and O–H groups in total. The Balaban J connectivity index is 1.65. The molecule has 146 valence electrons. The second-order valence-corrected chi connectivity index (χ2v) is 6.53. The fourth-order valence-corrected chi connectivity index (χ4v) is 3.19. The van der Waals surface area contributed by atoms with Crippen LogP contribution in [0, 0.1) is 0 Å². The standard InChI is InChI=1S/C19H16F3N3O2S/c1-26-16-5-3-2-4-15(16)17(23)25-27-10-14-11-28-18(24-14)12-6-8-13(9-7-12)19(20,21)22/h2-9,11H,10H2,1H3,(H2,23,25). The lowest BCUT2D eigenvalue weighted by atomic mass is 10.1. The van der Waals surface area contributed by atoms with Gasteiger partial charge in [-0.1, -0.05) is 29.4 Å². The van der Waals surface area contributed by atoms with Gasteiger partial charge in [-0.2, -0.15) is 13.2 Å². The number of ether oxygens (including phenoxy) is 1. The Labute approximate surface area is 163 Å². The normalized spacial score (nSPS) is 12.1. The number of para-hydroxylation sites is 1. The monoisotopic (exact) mass is 407 g/mol. The Bertz CT molecular complexity index is 969. The van der Waals surface area contributed by atoms with E-state index in [9.17, 15) is 13.2 Å². The molecule has 0 aliphatic rings. The van der Waals surface area contributed by atoms with Crippen molar-refractivity contribution in [1.82, 2.24) is 4.98 Å². The number of halogens is 3. The lowest BCUT2D eigenvalue weighted by molar-refractivity contribution is -0.137. The van der Waals surface area contributed by atoms with Crippen molar-refractivity contribution >= 4 is 17.2 Å². The first-order chi connectivity index (χ1) is 13.4. The largest absolute Gasteiger partial charge is 0.496 e. The van der Waals surface area contributed by atoms with E-state index in [1.165, 1.54) is 30.6 Å². The summed E-state index contributed by atoms with van der Waals surface area (Å²) in [5.41, 5.74) is 7.02. The maximum absolute atomic E-state index is 12.6. The Morgan fingerprint density at radius 1 is 1.14 bits per heavy atom. The number of methoxy groups -OCH3 is 1. The molecule has 0 atom stereocenters. The van der Waals surface area contributed by atoms with Crippen LogP contribution < -0.4 is 10.5 Å². The number of hydrogen-bond acceptors (Lipinski definition) is 5. The molecular weight excluding hydrogens is 391 g/mol. The van der Waals surface area contributed by atoms with Gasteiger partial charge in [0.2, 0.25) is 0 Å². The summed E-state index contributed by atoms with van der Waals surface area (Å²) in [5.74, 6) is 0.737. The molecule has 0 radical (unpaired) electrons. The number of hydrogen-bond donors (Lipinski definition) is 1. The van der Waals surface area contributed by atoms with Crippen molar-refractivity contribution in [3.8, 4) is 16.3 Å². The summed E-state index contributed by atoms with van der Waals surface area (Å²) in [6.45, 7) is 0.0764. The molecule has 9 heteroatoms. The number of alkyl halides is 3. The van der Waals surface area contributed by atoms with Crippen molar-refractivity contribution in [3.05, 3.63) is 70.7 Å². The van der Waals surface area contributed by atoms with Crippen molar-refractivity contribution < 1.29 is 22.7 Å². The molecule has 0 aliphatic carbocycles. The molecule has 1 heterocycles. The first-order valence-corrected chi connectivity index (χ1v) is 8.97. The molecule has 3 rings (SSSR count). The first kappa shape index (κ1) is 19.7. The number of benzene rings is 2. The average Bonchev–Trinajstić information content (AvgIpc) is 3.16. The molecule has 5 nitrogen and oxygen atoms in total. The van der Waals surface area contributed by atoms with E-state index in [0.29, 0.717) is 27.6 Å². The summed E-state index contributed by atoms with van der Waals surface area (Å²) in [5, 5.41) is 6.22. The number of nitrogens with two attached hydrogens (primary N) is 1. The molecule has 0 spiro atoms. The van der Waals surface area contributed by atoms with Crippen molar-refractivity contribution in [2.45, 2.75) is 12.8 Å². The highest BCUT2D eigenvalue weighted by atomic mass is 32.1. The van der Waals surface area contributed by atoms with E-state index >= 15 is 0 Å². The number of aromatic nitrogens is 1. The second-order valence-electron chi connectivity index (χ2n) is 5.67. The Morgan fingerprint density at radius 3 is 2.54 bits per heavy atom. The van der Waals surface area contributed by atoms with Gasteiger partial charge in [-0.05, 0) is 24.3 Å². The summed E-state index contributed by atoms with van der Waals surface area (Å²) < 4.78 is 43.1. The number of oxime groups is 1. The highest BCUT2D eigenvalue weighted by Gasteiger charge is 2.30. The number of amidine groups is 1. The van der Waals surface area contributed by atoms with Crippen LogP contribution in [0.15, 0.2) is 59.1 Å². The zero-order valence-corrected chi connectivity index (χ0v) is 15.6. The van der Waals surface area contributed by atoms with Gasteiger partial charge < -0.3 is 15.3 Å². The van der Waals surface area contributed by atoms with Crippen LogP contribution in [0.5, 0.6) is 5.75 Å². The Hall–Kier alpha value is -3.07. The van der Waals surface area contributed by atoms with E-state index in [4.69, 9.17) is 15.3 Å². The lowest BCUT2D eigenvalue weighted by Crippen LogP contribution is -2.15. The molecular formula is C19H16F3N3O2S. The highest BCUT2D eigenvalue weighted by Crippen LogP contribution is 2.31. The molecule has 0 saturated heterocycles. The fraction of sp³-hybridized carbons (Fsp3) is 0.158. The molecule has 0 fully saturated rings. The summed E-state index contributed by atoms with van der Waals surface area (Å²) >= 11 is 1.31. The molecule has 1 aromatic heterocycles. The Kier molecular flexibility index (Phi) is 5.84. The molecule has 0 saturated carbocycles. The summed E-state index contributed by atoms with van der Waals surface area (Å²) in [4.78, 5) is 9.60. The molecule has 3 aromatic rings. The predicted molar refractivity (Wildman–Crippen MR) is 101 cm³/mol. The van der Waals surface area contributed by atoms with Gasteiger partial charge in [-0.25, -0.2) is 4.98 Å². The first-order valence-electron chi connectivity index (χ1n) is 8.09. The molecule has 0 unspecified atom stereocenters. The quantitative estimate of drug-likeness (QED) is 0.366. The SMILES string of the molecule is COc1ccccc1/C(N)=N/OCc1csc(-c2ccc(C(F)(F)F)cc2)n1. The van der Waals surface area contributed by atoms with E-state index in [2.05, 4.69) is 10.1 Å². The van der Waals surface area contributed by atoms with E-state index in [0.717, 1.165) is 12.1 Å². The highest BCUT2D eigenvalue weighted by molar-refractivity contribution is 7.13.